The number of hydrogen-bond donors (Lipinski definition) is 0. The second-order valence-electron chi connectivity index (χ2n) is 5.59. The maximum absolute atomic E-state index is 12.8. The molecule has 0 unspecified atom stereocenters. The topological polar surface area (TPSA) is 40.6 Å². The molecule has 1 heterocycles. The first-order chi connectivity index (χ1) is 10.6. The Balaban J connectivity index is 1.98. The number of para-hydroxylation sites is 1. The van der Waals surface area contributed by atoms with Crippen LogP contribution in [0, 0.1) is 0 Å². The van der Waals surface area contributed by atoms with E-state index >= 15 is 0 Å². The molecule has 2 aromatic carbocycles. The Hall–Kier alpha value is -2.62. The van der Waals surface area contributed by atoms with Crippen LogP contribution < -0.4 is 9.80 Å². The van der Waals surface area contributed by atoms with Crippen LogP contribution in [0.15, 0.2) is 48.5 Å². The van der Waals surface area contributed by atoms with Gasteiger partial charge in [0.1, 0.15) is 0 Å². The molecule has 4 nitrogen and oxygen atoms in total. The molecule has 0 fully saturated rings. The lowest BCUT2D eigenvalue weighted by Crippen LogP contribution is -2.37. The molecule has 22 heavy (non-hydrogen) atoms. The van der Waals surface area contributed by atoms with Crippen LogP contribution in [0.1, 0.15) is 27.1 Å². The zero-order chi connectivity index (χ0) is 15.7. The van der Waals surface area contributed by atoms with Crippen LogP contribution in [0.4, 0.5) is 11.4 Å². The summed E-state index contributed by atoms with van der Waals surface area (Å²) in [7, 11) is 3.89. The van der Waals surface area contributed by atoms with Crippen LogP contribution in [0.25, 0.3) is 0 Å². The van der Waals surface area contributed by atoms with Crippen LogP contribution in [0.3, 0.4) is 0 Å². The zero-order valence-corrected chi connectivity index (χ0v) is 12.7. The molecular weight excluding hydrogens is 276 g/mol. The van der Waals surface area contributed by atoms with Crippen molar-refractivity contribution < 1.29 is 9.59 Å². The van der Waals surface area contributed by atoms with Crippen molar-refractivity contribution in [2.45, 2.75) is 6.42 Å². The van der Waals surface area contributed by atoms with Gasteiger partial charge in [-0.15, -0.1) is 0 Å². The predicted octanol–water partition coefficient (Wildman–Crippen LogP) is 2.99. The van der Waals surface area contributed by atoms with Crippen LogP contribution in [-0.4, -0.2) is 32.3 Å². The summed E-state index contributed by atoms with van der Waals surface area (Å²) in [5.41, 5.74) is 2.95. The van der Waals surface area contributed by atoms with Crippen molar-refractivity contribution in [3.63, 3.8) is 0 Å². The van der Waals surface area contributed by atoms with E-state index in [1.165, 1.54) is 0 Å². The number of anilines is 2. The Labute approximate surface area is 130 Å². The summed E-state index contributed by atoms with van der Waals surface area (Å²) in [6.07, 6.45) is 0.371. The molecule has 0 atom stereocenters. The number of carbonyl (C=O) groups is 2. The normalized spacial score (nSPS) is 13.7. The molecule has 0 aliphatic carbocycles. The van der Waals surface area contributed by atoms with E-state index in [1.807, 2.05) is 61.5 Å². The van der Waals surface area contributed by atoms with Crippen molar-refractivity contribution in [2.75, 3.05) is 30.4 Å². The molecule has 4 heteroatoms. The fourth-order valence-corrected chi connectivity index (χ4v) is 2.70. The van der Waals surface area contributed by atoms with Gasteiger partial charge in [0.2, 0.25) is 0 Å². The fraction of sp³-hybridized carbons (Fsp3) is 0.222. The summed E-state index contributed by atoms with van der Waals surface area (Å²) < 4.78 is 0. The molecular formula is C18H18N2O2. The van der Waals surface area contributed by atoms with E-state index in [-0.39, 0.29) is 11.7 Å². The van der Waals surface area contributed by atoms with Gasteiger partial charge in [0.05, 0.1) is 5.69 Å². The number of carbonyl (C=O) groups excluding carboxylic acids is 2. The van der Waals surface area contributed by atoms with Gasteiger partial charge in [0.15, 0.2) is 5.78 Å². The fourth-order valence-electron chi connectivity index (χ4n) is 2.70. The number of fused-ring (bicyclic) bond motifs is 1. The van der Waals surface area contributed by atoms with E-state index in [9.17, 15) is 9.59 Å². The van der Waals surface area contributed by atoms with Crippen molar-refractivity contribution in [2.24, 2.45) is 0 Å². The van der Waals surface area contributed by atoms with Gasteiger partial charge < -0.3 is 9.80 Å². The highest BCUT2D eigenvalue weighted by Gasteiger charge is 2.27. The number of ketones is 1. The van der Waals surface area contributed by atoms with Crippen molar-refractivity contribution >= 4 is 23.1 Å². The molecule has 0 bridgehead atoms. The van der Waals surface area contributed by atoms with E-state index in [0.29, 0.717) is 29.8 Å². The van der Waals surface area contributed by atoms with Gasteiger partial charge in [0.25, 0.3) is 5.91 Å². The van der Waals surface area contributed by atoms with E-state index < -0.39 is 0 Å². The van der Waals surface area contributed by atoms with Gasteiger partial charge in [-0.1, -0.05) is 18.2 Å². The lowest BCUT2D eigenvalue weighted by molar-refractivity contribution is 0.0955. The summed E-state index contributed by atoms with van der Waals surface area (Å²) in [5.74, 6) is 0.0327. The first-order valence-corrected chi connectivity index (χ1v) is 7.29. The second-order valence-corrected chi connectivity index (χ2v) is 5.59. The molecule has 0 spiro atoms. The first kappa shape index (κ1) is 14.3. The minimum Gasteiger partial charge on any atom is -0.378 e. The standard InChI is InChI=1S/C18H18N2O2/c1-19(2)14-7-5-6-13(12-14)18(22)20-11-10-17(21)15-8-3-4-9-16(15)20/h3-9,12H,10-11H2,1-2H3. The maximum atomic E-state index is 12.8. The number of amides is 1. The lowest BCUT2D eigenvalue weighted by Gasteiger charge is -2.29. The van der Waals surface area contributed by atoms with E-state index in [2.05, 4.69) is 0 Å². The van der Waals surface area contributed by atoms with Crippen molar-refractivity contribution in [3.8, 4) is 0 Å². The smallest absolute Gasteiger partial charge is 0.258 e. The zero-order valence-electron chi connectivity index (χ0n) is 12.7. The molecule has 1 aliphatic rings. The highest BCUT2D eigenvalue weighted by atomic mass is 16.2. The second kappa shape index (κ2) is 5.64. The average Bonchev–Trinajstić information content (AvgIpc) is 2.55. The Morgan fingerprint density at radius 1 is 1.09 bits per heavy atom. The van der Waals surface area contributed by atoms with Crippen LogP contribution in [-0.2, 0) is 0 Å². The van der Waals surface area contributed by atoms with Gasteiger partial charge in [-0.05, 0) is 30.3 Å². The predicted molar refractivity (Wildman–Crippen MR) is 87.8 cm³/mol. The molecule has 2 aromatic rings. The average molecular weight is 294 g/mol. The van der Waals surface area contributed by atoms with Gasteiger partial charge in [0, 0.05) is 43.9 Å². The van der Waals surface area contributed by atoms with Crippen molar-refractivity contribution in [1.82, 2.24) is 0 Å². The van der Waals surface area contributed by atoms with Gasteiger partial charge in [-0.2, -0.15) is 0 Å². The summed E-state index contributed by atoms with van der Waals surface area (Å²) in [4.78, 5) is 28.5. The summed E-state index contributed by atoms with van der Waals surface area (Å²) in [5, 5.41) is 0. The minimum atomic E-state index is -0.0661. The third kappa shape index (κ3) is 2.48. The highest BCUT2D eigenvalue weighted by molar-refractivity contribution is 6.13. The van der Waals surface area contributed by atoms with E-state index in [0.717, 1.165) is 5.69 Å². The van der Waals surface area contributed by atoms with Gasteiger partial charge in [-0.25, -0.2) is 0 Å². The molecule has 1 aliphatic heterocycles. The molecule has 0 N–H and O–H groups in total. The van der Waals surface area contributed by atoms with Crippen molar-refractivity contribution in [3.05, 3.63) is 59.7 Å². The largest absolute Gasteiger partial charge is 0.378 e. The minimum absolute atomic E-state index is 0.0661. The third-order valence-corrected chi connectivity index (χ3v) is 3.91. The van der Waals surface area contributed by atoms with Gasteiger partial charge in [-0.3, -0.25) is 9.59 Å². The van der Waals surface area contributed by atoms with E-state index in [4.69, 9.17) is 0 Å². The molecule has 0 saturated carbocycles. The molecule has 0 radical (unpaired) electrons. The summed E-state index contributed by atoms with van der Waals surface area (Å²) in [6, 6.07) is 14.8. The number of hydrogen-bond acceptors (Lipinski definition) is 3. The maximum Gasteiger partial charge on any atom is 0.258 e. The van der Waals surface area contributed by atoms with Crippen LogP contribution in [0.5, 0.6) is 0 Å². The number of nitrogens with zero attached hydrogens (tertiary/aromatic N) is 2. The summed E-state index contributed by atoms with van der Waals surface area (Å²) >= 11 is 0. The summed E-state index contributed by atoms with van der Waals surface area (Å²) in [6.45, 7) is 0.431. The third-order valence-electron chi connectivity index (χ3n) is 3.91. The Morgan fingerprint density at radius 3 is 2.64 bits per heavy atom. The number of Topliss-reactive ketones (excluding diaryl/α,β-unsaturated/α-hetero) is 1. The van der Waals surface area contributed by atoms with Crippen LogP contribution >= 0.6 is 0 Å². The first-order valence-electron chi connectivity index (χ1n) is 7.29. The van der Waals surface area contributed by atoms with Crippen molar-refractivity contribution in [1.29, 1.82) is 0 Å². The molecule has 112 valence electrons. The van der Waals surface area contributed by atoms with Crippen LogP contribution in [0.2, 0.25) is 0 Å². The SMILES string of the molecule is CN(C)c1cccc(C(=O)N2CCC(=O)c3ccccc32)c1. The number of benzene rings is 2. The van der Waals surface area contributed by atoms with Gasteiger partial charge >= 0.3 is 0 Å². The Kier molecular flexibility index (Phi) is 3.67. The number of rotatable bonds is 2. The molecule has 3 rings (SSSR count). The molecule has 1 amide bonds. The van der Waals surface area contributed by atoms with E-state index in [1.54, 1.807) is 11.0 Å². The molecule has 0 saturated heterocycles. The Bertz CT molecular complexity index is 737. The Morgan fingerprint density at radius 2 is 1.86 bits per heavy atom. The highest BCUT2D eigenvalue weighted by Crippen LogP contribution is 2.28. The molecule has 0 aromatic heterocycles. The quantitative estimate of drug-likeness (QED) is 0.855. The lowest BCUT2D eigenvalue weighted by atomic mass is 9.99. The monoisotopic (exact) mass is 294 g/mol.